The second kappa shape index (κ2) is 3.14. The second-order valence-electron chi connectivity index (χ2n) is 3.00. The van der Waals surface area contributed by atoms with Crippen molar-refractivity contribution in [3.8, 4) is 0 Å². The van der Waals surface area contributed by atoms with Crippen LogP contribution in [0, 0.1) is 0 Å². The lowest BCUT2D eigenvalue weighted by Gasteiger charge is -1.99. The Bertz CT molecular complexity index is 488. The zero-order valence-electron chi connectivity index (χ0n) is 7.77. The summed E-state index contributed by atoms with van der Waals surface area (Å²) in [5.74, 6) is -0.911. The van der Waals surface area contributed by atoms with Gasteiger partial charge in [-0.1, -0.05) is 6.07 Å². The predicted molar refractivity (Wildman–Crippen MR) is 52.4 cm³/mol. The summed E-state index contributed by atoms with van der Waals surface area (Å²) in [6, 6.07) is 5.20. The van der Waals surface area contributed by atoms with Gasteiger partial charge in [0, 0.05) is 11.9 Å². The molecule has 0 unspecified atom stereocenters. The molecule has 0 bridgehead atoms. The monoisotopic (exact) mass is 190 g/mol. The van der Waals surface area contributed by atoms with E-state index < -0.39 is 5.97 Å². The molecule has 4 nitrogen and oxygen atoms in total. The standard InChI is InChI=1S/C10H10N2O2/c1-2-12-9-5-3-4-7(10(13)14)8(9)6-11-12/h3-6H,2H2,1H3,(H,13,14). The summed E-state index contributed by atoms with van der Waals surface area (Å²) >= 11 is 0. The Morgan fingerprint density at radius 3 is 3.00 bits per heavy atom. The van der Waals surface area contributed by atoms with Gasteiger partial charge in [-0.05, 0) is 19.1 Å². The van der Waals surface area contributed by atoms with Crippen molar-refractivity contribution in [2.24, 2.45) is 0 Å². The molecule has 1 N–H and O–H groups in total. The van der Waals surface area contributed by atoms with Crippen LogP contribution in [0.2, 0.25) is 0 Å². The summed E-state index contributed by atoms with van der Waals surface area (Å²) in [4.78, 5) is 10.9. The number of carboxylic acids is 1. The molecule has 1 aromatic heterocycles. The van der Waals surface area contributed by atoms with Gasteiger partial charge in [0.15, 0.2) is 0 Å². The van der Waals surface area contributed by atoms with Crippen molar-refractivity contribution in [1.82, 2.24) is 9.78 Å². The molecule has 0 saturated carbocycles. The van der Waals surface area contributed by atoms with E-state index in [1.54, 1.807) is 23.0 Å². The summed E-state index contributed by atoms with van der Waals surface area (Å²) < 4.78 is 1.78. The van der Waals surface area contributed by atoms with Crippen molar-refractivity contribution in [2.75, 3.05) is 0 Å². The molecule has 1 aromatic carbocycles. The SMILES string of the molecule is CCn1ncc2c(C(=O)O)cccc21. The third-order valence-electron chi connectivity index (χ3n) is 2.22. The van der Waals surface area contributed by atoms with E-state index in [1.807, 2.05) is 13.0 Å². The summed E-state index contributed by atoms with van der Waals surface area (Å²) in [5.41, 5.74) is 1.18. The maximum atomic E-state index is 10.9. The molecule has 72 valence electrons. The van der Waals surface area contributed by atoms with Gasteiger partial charge in [0.25, 0.3) is 0 Å². The quantitative estimate of drug-likeness (QED) is 0.784. The topological polar surface area (TPSA) is 55.1 Å². The molecule has 0 radical (unpaired) electrons. The minimum atomic E-state index is -0.911. The Balaban J connectivity index is 2.76. The highest BCUT2D eigenvalue weighted by atomic mass is 16.4. The summed E-state index contributed by atoms with van der Waals surface area (Å²) in [7, 11) is 0. The van der Waals surface area contributed by atoms with E-state index in [0.29, 0.717) is 10.9 Å². The predicted octanol–water partition coefficient (Wildman–Crippen LogP) is 1.75. The molecule has 0 saturated heterocycles. The van der Waals surface area contributed by atoms with Crippen LogP contribution in [0.1, 0.15) is 17.3 Å². The second-order valence-corrected chi connectivity index (χ2v) is 3.00. The van der Waals surface area contributed by atoms with E-state index in [-0.39, 0.29) is 0 Å². The van der Waals surface area contributed by atoms with Crippen LogP contribution in [-0.4, -0.2) is 20.9 Å². The molecule has 2 rings (SSSR count). The van der Waals surface area contributed by atoms with E-state index in [9.17, 15) is 4.79 Å². The first kappa shape index (κ1) is 8.74. The maximum absolute atomic E-state index is 10.9. The normalized spacial score (nSPS) is 10.6. The molecule has 0 fully saturated rings. The highest BCUT2D eigenvalue weighted by molar-refractivity contribution is 6.02. The lowest BCUT2D eigenvalue weighted by molar-refractivity contribution is 0.0699. The van der Waals surface area contributed by atoms with Crippen molar-refractivity contribution < 1.29 is 9.90 Å². The fourth-order valence-corrected chi connectivity index (χ4v) is 1.54. The van der Waals surface area contributed by atoms with E-state index in [2.05, 4.69) is 5.10 Å². The molecule has 0 aliphatic carbocycles. The van der Waals surface area contributed by atoms with Crippen molar-refractivity contribution >= 4 is 16.9 Å². The zero-order valence-corrected chi connectivity index (χ0v) is 7.77. The number of fused-ring (bicyclic) bond motifs is 1. The fourth-order valence-electron chi connectivity index (χ4n) is 1.54. The van der Waals surface area contributed by atoms with Gasteiger partial charge in [-0.3, -0.25) is 4.68 Å². The van der Waals surface area contributed by atoms with E-state index in [1.165, 1.54) is 0 Å². The van der Waals surface area contributed by atoms with Crippen LogP contribution in [0.3, 0.4) is 0 Å². The van der Waals surface area contributed by atoms with E-state index in [4.69, 9.17) is 5.11 Å². The number of hydrogen-bond donors (Lipinski definition) is 1. The summed E-state index contributed by atoms with van der Waals surface area (Å²) in [5, 5.41) is 13.7. The average molecular weight is 190 g/mol. The smallest absolute Gasteiger partial charge is 0.336 e. The van der Waals surface area contributed by atoms with Gasteiger partial charge in [0.1, 0.15) is 0 Å². The number of benzene rings is 1. The molecule has 2 aromatic rings. The van der Waals surface area contributed by atoms with Crippen LogP contribution in [0.25, 0.3) is 10.9 Å². The van der Waals surface area contributed by atoms with Gasteiger partial charge >= 0.3 is 5.97 Å². The Labute approximate surface area is 80.8 Å². The minimum absolute atomic E-state index is 0.308. The molecule has 0 spiro atoms. The molecule has 0 atom stereocenters. The number of hydrogen-bond acceptors (Lipinski definition) is 2. The number of rotatable bonds is 2. The Hall–Kier alpha value is -1.84. The largest absolute Gasteiger partial charge is 0.478 e. The lowest BCUT2D eigenvalue weighted by atomic mass is 10.1. The van der Waals surface area contributed by atoms with Gasteiger partial charge in [-0.25, -0.2) is 4.79 Å². The van der Waals surface area contributed by atoms with Crippen LogP contribution in [-0.2, 0) is 6.54 Å². The van der Waals surface area contributed by atoms with Crippen LogP contribution in [0.4, 0.5) is 0 Å². The Morgan fingerprint density at radius 2 is 2.36 bits per heavy atom. The van der Waals surface area contributed by atoms with Crippen molar-refractivity contribution in [2.45, 2.75) is 13.5 Å². The molecular weight excluding hydrogens is 180 g/mol. The molecule has 0 amide bonds. The number of aryl methyl sites for hydroxylation is 1. The number of carboxylic acid groups (broad SMARTS) is 1. The maximum Gasteiger partial charge on any atom is 0.336 e. The van der Waals surface area contributed by atoms with Crippen molar-refractivity contribution in [1.29, 1.82) is 0 Å². The minimum Gasteiger partial charge on any atom is -0.478 e. The van der Waals surface area contributed by atoms with E-state index in [0.717, 1.165) is 12.1 Å². The van der Waals surface area contributed by atoms with Gasteiger partial charge in [0.05, 0.1) is 17.3 Å². The molecule has 1 heterocycles. The van der Waals surface area contributed by atoms with Crippen molar-refractivity contribution in [3.05, 3.63) is 30.0 Å². The van der Waals surface area contributed by atoms with Gasteiger partial charge in [-0.2, -0.15) is 5.10 Å². The van der Waals surface area contributed by atoms with Crippen LogP contribution in [0.15, 0.2) is 24.4 Å². The van der Waals surface area contributed by atoms with Crippen LogP contribution >= 0.6 is 0 Å². The first-order valence-corrected chi connectivity index (χ1v) is 4.42. The first-order chi connectivity index (χ1) is 6.74. The number of carbonyl (C=O) groups is 1. The Morgan fingerprint density at radius 1 is 1.57 bits per heavy atom. The highest BCUT2D eigenvalue weighted by Gasteiger charge is 2.10. The number of aromatic nitrogens is 2. The summed E-state index contributed by atoms with van der Waals surface area (Å²) in [6.45, 7) is 2.71. The van der Waals surface area contributed by atoms with Crippen LogP contribution < -0.4 is 0 Å². The summed E-state index contributed by atoms with van der Waals surface area (Å²) in [6.07, 6.45) is 1.60. The molecular formula is C10H10N2O2. The van der Waals surface area contributed by atoms with Crippen molar-refractivity contribution in [3.63, 3.8) is 0 Å². The zero-order chi connectivity index (χ0) is 10.1. The van der Waals surface area contributed by atoms with Crippen LogP contribution in [0.5, 0.6) is 0 Å². The third kappa shape index (κ3) is 1.16. The van der Waals surface area contributed by atoms with Gasteiger partial charge in [0.2, 0.25) is 0 Å². The third-order valence-corrected chi connectivity index (χ3v) is 2.22. The molecule has 4 heteroatoms. The van der Waals surface area contributed by atoms with Gasteiger partial charge < -0.3 is 5.11 Å². The highest BCUT2D eigenvalue weighted by Crippen LogP contribution is 2.18. The molecule has 0 aliphatic heterocycles. The number of nitrogens with zero attached hydrogens (tertiary/aromatic N) is 2. The average Bonchev–Trinajstić information content (AvgIpc) is 2.59. The molecule has 14 heavy (non-hydrogen) atoms. The first-order valence-electron chi connectivity index (χ1n) is 4.42. The molecule has 0 aliphatic rings. The number of aromatic carboxylic acids is 1. The fraction of sp³-hybridized carbons (Fsp3) is 0.200. The van der Waals surface area contributed by atoms with E-state index >= 15 is 0 Å². The lowest BCUT2D eigenvalue weighted by Crippen LogP contribution is -1.98. The van der Waals surface area contributed by atoms with Gasteiger partial charge in [-0.15, -0.1) is 0 Å². The Kier molecular flexibility index (Phi) is 1.96.